The first-order chi connectivity index (χ1) is 8.24. The van der Waals surface area contributed by atoms with Crippen LogP contribution in [0.5, 0.6) is 0 Å². The van der Waals surface area contributed by atoms with Gasteiger partial charge in [-0.25, -0.2) is 0 Å². The third-order valence-corrected chi connectivity index (χ3v) is 3.49. The molecule has 2 heteroatoms. The Kier molecular flexibility index (Phi) is 3.81. The molecular formula is C15H20N2. The van der Waals surface area contributed by atoms with Crippen molar-refractivity contribution in [1.29, 1.82) is 5.26 Å². The van der Waals surface area contributed by atoms with Crippen LogP contribution < -0.4 is 5.32 Å². The lowest BCUT2D eigenvalue weighted by Crippen LogP contribution is -2.29. The number of hydrogen-bond acceptors (Lipinski definition) is 2. The van der Waals surface area contributed by atoms with Gasteiger partial charge >= 0.3 is 0 Å². The van der Waals surface area contributed by atoms with Gasteiger partial charge < -0.3 is 0 Å². The minimum atomic E-state index is -0.177. The molecule has 1 aliphatic rings. The Hall–Kier alpha value is -1.33. The highest BCUT2D eigenvalue weighted by Gasteiger charge is 2.24. The Balaban J connectivity index is 2.13. The van der Waals surface area contributed by atoms with Gasteiger partial charge in [0.15, 0.2) is 0 Å². The maximum Gasteiger partial charge on any atom is 0.121 e. The first kappa shape index (κ1) is 12.1. The van der Waals surface area contributed by atoms with E-state index in [0.29, 0.717) is 6.04 Å². The fourth-order valence-electron chi connectivity index (χ4n) is 2.02. The van der Waals surface area contributed by atoms with Crippen molar-refractivity contribution in [1.82, 2.24) is 5.32 Å². The smallest absolute Gasteiger partial charge is 0.121 e. The third-order valence-electron chi connectivity index (χ3n) is 3.49. The second-order valence-electron chi connectivity index (χ2n) is 4.98. The molecule has 0 amide bonds. The highest BCUT2D eigenvalue weighted by atomic mass is 14.9. The summed E-state index contributed by atoms with van der Waals surface area (Å²) in [5.41, 5.74) is 2.51. The molecular weight excluding hydrogens is 208 g/mol. The van der Waals surface area contributed by atoms with Crippen LogP contribution in [0.2, 0.25) is 0 Å². The first-order valence-corrected chi connectivity index (χ1v) is 6.50. The Bertz CT molecular complexity index is 415. The average Bonchev–Trinajstić information content (AvgIpc) is 3.20. The van der Waals surface area contributed by atoms with E-state index in [2.05, 4.69) is 49.5 Å². The van der Waals surface area contributed by atoms with Crippen molar-refractivity contribution in [3.8, 4) is 6.07 Å². The SMILES string of the molecule is CCC(C)NC(C#N)c1cccc(C2CC2)c1. The summed E-state index contributed by atoms with van der Waals surface area (Å²) < 4.78 is 0. The van der Waals surface area contributed by atoms with E-state index in [1.54, 1.807) is 0 Å². The van der Waals surface area contributed by atoms with Crippen LogP contribution in [-0.2, 0) is 0 Å². The van der Waals surface area contributed by atoms with Crippen LogP contribution in [0.1, 0.15) is 56.2 Å². The molecule has 17 heavy (non-hydrogen) atoms. The van der Waals surface area contributed by atoms with Gasteiger partial charge in [0.2, 0.25) is 0 Å². The molecule has 0 saturated heterocycles. The molecule has 2 rings (SSSR count). The molecule has 2 unspecified atom stereocenters. The third kappa shape index (κ3) is 3.08. The van der Waals surface area contributed by atoms with Gasteiger partial charge in [-0.05, 0) is 43.2 Å². The van der Waals surface area contributed by atoms with Crippen molar-refractivity contribution >= 4 is 0 Å². The molecule has 1 fully saturated rings. The summed E-state index contributed by atoms with van der Waals surface area (Å²) in [5.74, 6) is 0.748. The minimum absolute atomic E-state index is 0.177. The highest BCUT2D eigenvalue weighted by molar-refractivity contribution is 5.33. The Labute approximate surface area is 104 Å². The molecule has 0 aromatic heterocycles. The van der Waals surface area contributed by atoms with Crippen molar-refractivity contribution in [2.24, 2.45) is 0 Å². The second-order valence-corrected chi connectivity index (χ2v) is 4.98. The summed E-state index contributed by atoms with van der Waals surface area (Å²) in [5, 5.41) is 12.6. The van der Waals surface area contributed by atoms with E-state index in [0.717, 1.165) is 17.9 Å². The molecule has 1 N–H and O–H groups in total. The maximum atomic E-state index is 9.26. The van der Waals surface area contributed by atoms with Crippen LogP contribution >= 0.6 is 0 Å². The molecule has 0 aliphatic heterocycles. The van der Waals surface area contributed by atoms with Crippen LogP contribution in [0.4, 0.5) is 0 Å². The van der Waals surface area contributed by atoms with Crippen LogP contribution in [0.3, 0.4) is 0 Å². The summed E-state index contributed by atoms with van der Waals surface area (Å²) in [6.45, 7) is 4.25. The van der Waals surface area contributed by atoms with Gasteiger partial charge in [0.05, 0.1) is 6.07 Å². The summed E-state index contributed by atoms with van der Waals surface area (Å²) in [7, 11) is 0. The quantitative estimate of drug-likeness (QED) is 0.837. The van der Waals surface area contributed by atoms with Crippen molar-refractivity contribution in [3.63, 3.8) is 0 Å². The van der Waals surface area contributed by atoms with E-state index >= 15 is 0 Å². The molecule has 1 aromatic rings. The van der Waals surface area contributed by atoms with E-state index in [1.807, 2.05) is 0 Å². The number of benzene rings is 1. The summed E-state index contributed by atoms with van der Waals surface area (Å²) in [6.07, 6.45) is 3.65. The number of rotatable bonds is 5. The molecule has 2 nitrogen and oxygen atoms in total. The largest absolute Gasteiger partial charge is 0.296 e. The van der Waals surface area contributed by atoms with E-state index in [4.69, 9.17) is 0 Å². The molecule has 0 bridgehead atoms. The van der Waals surface area contributed by atoms with Gasteiger partial charge in [0.25, 0.3) is 0 Å². The minimum Gasteiger partial charge on any atom is -0.296 e. The zero-order valence-electron chi connectivity index (χ0n) is 10.6. The molecule has 1 aromatic carbocycles. The molecule has 1 aliphatic carbocycles. The monoisotopic (exact) mass is 228 g/mol. The van der Waals surface area contributed by atoms with Gasteiger partial charge in [0.1, 0.15) is 6.04 Å². The zero-order valence-corrected chi connectivity index (χ0v) is 10.6. The molecule has 90 valence electrons. The molecule has 1 saturated carbocycles. The lowest BCUT2D eigenvalue weighted by Gasteiger charge is -2.17. The second kappa shape index (κ2) is 5.33. The molecule has 0 heterocycles. The van der Waals surface area contributed by atoms with Crippen LogP contribution in [-0.4, -0.2) is 6.04 Å². The normalized spacial score (nSPS) is 18.4. The summed E-state index contributed by atoms with van der Waals surface area (Å²) >= 11 is 0. The molecule has 2 atom stereocenters. The number of nitriles is 1. The van der Waals surface area contributed by atoms with E-state index in [9.17, 15) is 5.26 Å². The fraction of sp³-hybridized carbons (Fsp3) is 0.533. The maximum absolute atomic E-state index is 9.26. The van der Waals surface area contributed by atoms with Crippen LogP contribution in [0.15, 0.2) is 24.3 Å². The Morgan fingerprint density at radius 3 is 2.82 bits per heavy atom. The van der Waals surface area contributed by atoms with Crippen molar-refractivity contribution in [2.45, 2.75) is 51.1 Å². The average molecular weight is 228 g/mol. The summed E-state index contributed by atoms with van der Waals surface area (Å²) in [6, 6.07) is 11.1. The van der Waals surface area contributed by atoms with Gasteiger partial charge in [-0.15, -0.1) is 0 Å². The van der Waals surface area contributed by atoms with Crippen molar-refractivity contribution in [3.05, 3.63) is 35.4 Å². The van der Waals surface area contributed by atoms with Gasteiger partial charge in [-0.1, -0.05) is 31.2 Å². The van der Waals surface area contributed by atoms with Gasteiger partial charge in [0, 0.05) is 6.04 Å². The Morgan fingerprint density at radius 2 is 2.24 bits per heavy atom. The Morgan fingerprint density at radius 1 is 1.47 bits per heavy atom. The van der Waals surface area contributed by atoms with Crippen LogP contribution in [0, 0.1) is 11.3 Å². The van der Waals surface area contributed by atoms with Crippen molar-refractivity contribution < 1.29 is 0 Å². The lowest BCUT2D eigenvalue weighted by atomic mass is 10.0. The highest BCUT2D eigenvalue weighted by Crippen LogP contribution is 2.40. The van der Waals surface area contributed by atoms with Crippen LogP contribution in [0.25, 0.3) is 0 Å². The summed E-state index contributed by atoms with van der Waals surface area (Å²) in [4.78, 5) is 0. The van der Waals surface area contributed by atoms with Gasteiger partial charge in [-0.3, -0.25) is 5.32 Å². The van der Waals surface area contributed by atoms with E-state index < -0.39 is 0 Å². The molecule has 0 spiro atoms. The predicted octanol–water partition coefficient (Wildman–Crippen LogP) is 3.52. The van der Waals surface area contributed by atoms with Gasteiger partial charge in [-0.2, -0.15) is 5.26 Å². The number of nitrogens with zero attached hydrogens (tertiary/aromatic N) is 1. The van der Waals surface area contributed by atoms with E-state index in [1.165, 1.54) is 18.4 Å². The lowest BCUT2D eigenvalue weighted by molar-refractivity contribution is 0.501. The standard InChI is InChI=1S/C15H20N2/c1-3-11(2)17-15(10-16)14-6-4-5-13(9-14)12-7-8-12/h4-6,9,11-12,15,17H,3,7-8H2,1-2H3. The topological polar surface area (TPSA) is 35.8 Å². The fourth-order valence-corrected chi connectivity index (χ4v) is 2.02. The number of hydrogen-bond donors (Lipinski definition) is 1. The van der Waals surface area contributed by atoms with E-state index in [-0.39, 0.29) is 6.04 Å². The number of nitrogens with one attached hydrogen (secondary N) is 1. The van der Waals surface area contributed by atoms with Crippen molar-refractivity contribution in [2.75, 3.05) is 0 Å². The first-order valence-electron chi connectivity index (χ1n) is 6.50. The predicted molar refractivity (Wildman–Crippen MR) is 69.7 cm³/mol. The molecule has 0 radical (unpaired) electrons. The zero-order chi connectivity index (χ0) is 12.3.